The van der Waals surface area contributed by atoms with Crippen molar-refractivity contribution >= 4 is 22.9 Å². The number of para-hydroxylation sites is 1. The van der Waals surface area contributed by atoms with Crippen LogP contribution in [0.25, 0.3) is 11.3 Å². The molecule has 1 aliphatic heterocycles. The van der Waals surface area contributed by atoms with Gasteiger partial charge in [0.15, 0.2) is 0 Å². The summed E-state index contributed by atoms with van der Waals surface area (Å²) in [6.07, 6.45) is 3.74. The lowest BCUT2D eigenvalue weighted by Gasteiger charge is -2.33. The van der Waals surface area contributed by atoms with Crippen molar-refractivity contribution in [2.24, 2.45) is 5.73 Å². The SMILES string of the molecule is NC1CCN(c2ccccc2C(=O)NCc2ccc(-c3ccsc3)nc2)CC1. The zero-order valence-corrected chi connectivity index (χ0v) is 16.5. The van der Waals surface area contributed by atoms with Gasteiger partial charge < -0.3 is 16.0 Å². The van der Waals surface area contributed by atoms with Crippen molar-refractivity contribution in [1.29, 1.82) is 0 Å². The summed E-state index contributed by atoms with van der Waals surface area (Å²) < 4.78 is 0. The molecule has 1 aliphatic rings. The normalized spacial score (nSPS) is 14.8. The summed E-state index contributed by atoms with van der Waals surface area (Å²) in [5.74, 6) is -0.0626. The van der Waals surface area contributed by atoms with Gasteiger partial charge >= 0.3 is 0 Å². The van der Waals surface area contributed by atoms with Crippen LogP contribution in [0, 0.1) is 0 Å². The van der Waals surface area contributed by atoms with E-state index in [1.165, 1.54) is 0 Å². The number of amides is 1. The minimum atomic E-state index is -0.0626. The van der Waals surface area contributed by atoms with Crippen molar-refractivity contribution in [3.8, 4) is 11.3 Å². The largest absolute Gasteiger partial charge is 0.371 e. The summed E-state index contributed by atoms with van der Waals surface area (Å²) >= 11 is 1.66. The summed E-state index contributed by atoms with van der Waals surface area (Å²) in [5, 5.41) is 7.15. The average molecular weight is 393 g/mol. The molecule has 2 aromatic heterocycles. The van der Waals surface area contributed by atoms with Crippen molar-refractivity contribution in [3.63, 3.8) is 0 Å². The van der Waals surface area contributed by atoms with E-state index >= 15 is 0 Å². The predicted octanol–water partition coefficient (Wildman–Crippen LogP) is 3.67. The smallest absolute Gasteiger partial charge is 0.253 e. The van der Waals surface area contributed by atoms with Gasteiger partial charge in [0, 0.05) is 48.5 Å². The Hall–Kier alpha value is -2.70. The number of hydrogen-bond donors (Lipinski definition) is 2. The maximum absolute atomic E-state index is 12.8. The molecule has 3 heterocycles. The third-order valence-corrected chi connectivity index (χ3v) is 5.81. The zero-order valence-electron chi connectivity index (χ0n) is 15.7. The monoisotopic (exact) mass is 392 g/mol. The molecule has 1 fully saturated rings. The molecule has 5 nitrogen and oxygen atoms in total. The Kier molecular flexibility index (Phi) is 5.69. The van der Waals surface area contributed by atoms with Gasteiger partial charge in [0.1, 0.15) is 0 Å². The number of benzene rings is 1. The van der Waals surface area contributed by atoms with Crippen LogP contribution in [0.15, 0.2) is 59.4 Å². The molecule has 1 amide bonds. The van der Waals surface area contributed by atoms with Crippen molar-refractivity contribution < 1.29 is 4.79 Å². The standard InChI is InChI=1S/C22H24N4OS/c23-18-7-10-26(11-8-18)21-4-2-1-3-19(21)22(27)25-14-16-5-6-20(24-13-16)17-9-12-28-15-17/h1-6,9,12-13,15,18H,7-8,10-11,14,23H2,(H,25,27). The molecular formula is C22H24N4OS. The number of aromatic nitrogens is 1. The number of anilines is 1. The lowest BCUT2D eigenvalue weighted by atomic mass is 10.0. The highest BCUT2D eigenvalue weighted by atomic mass is 32.1. The Morgan fingerprint density at radius 2 is 2.00 bits per heavy atom. The fraction of sp³-hybridized carbons (Fsp3) is 0.273. The highest BCUT2D eigenvalue weighted by molar-refractivity contribution is 7.08. The minimum Gasteiger partial charge on any atom is -0.371 e. The highest BCUT2D eigenvalue weighted by Gasteiger charge is 2.20. The Bertz CT molecular complexity index is 916. The molecule has 6 heteroatoms. The van der Waals surface area contributed by atoms with E-state index < -0.39 is 0 Å². The fourth-order valence-corrected chi connectivity index (χ4v) is 4.12. The summed E-state index contributed by atoms with van der Waals surface area (Å²) in [4.78, 5) is 19.6. The van der Waals surface area contributed by atoms with Crippen LogP contribution >= 0.6 is 11.3 Å². The fourth-order valence-electron chi connectivity index (χ4n) is 3.47. The van der Waals surface area contributed by atoms with Gasteiger partial charge in [-0.15, -0.1) is 0 Å². The molecule has 0 radical (unpaired) electrons. The summed E-state index contributed by atoms with van der Waals surface area (Å²) in [5.41, 5.74) is 10.8. The van der Waals surface area contributed by atoms with Crippen molar-refractivity contribution in [2.75, 3.05) is 18.0 Å². The quantitative estimate of drug-likeness (QED) is 0.695. The molecule has 3 N–H and O–H groups in total. The number of carbonyl (C=O) groups excluding carboxylic acids is 1. The molecule has 0 spiro atoms. The molecule has 4 rings (SSSR count). The number of pyridine rings is 1. The molecule has 0 saturated carbocycles. The van der Waals surface area contributed by atoms with E-state index in [1.54, 1.807) is 11.3 Å². The van der Waals surface area contributed by atoms with E-state index in [-0.39, 0.29) is 11.9 Å². The average Bonchev–Trinajstić information content (AvgIpc) is 3.28. The lowest BCUT2D eigenvalue weighted by Crippen LogP contribution is -2.40. The van der Waals surface area contributed by atoms with E-state index in [9.17, 15) is 4.79 Å². The highest BCUT2D eigenvalue weighted by Crippen LogP contribution is 2.24. The topological polar surface area (TPSA) is 71.2 Å². The summed E-state index contributed by atoms with van der Waals surface area (Å²) in [6.45, 7) is 2.23. The number of nitrogens with one attached hydrogen (secondary N) is 1. The molecule has 28 heavy (non-hydrogen) atoms. The van der Waals surface area contributed by atoms with E-state index in [2.05, 4.69) is 26.6 Å². The first-order valence-corrected chi connectivity index (χ1v) is 10.5. The maximum atomic E-state index is 12.8. The van der Waals surface area contributed by atoms with Gasteiger partial charge in [0.2, 0.25) is 0 Å². The van der Waals surface area contributed by atoms with E-state index in [4.69, 9.17) is 5.73 Å². The maximum Gasteiger partial charge on any atom is 0.253 e. The zero-order chi connectivity index (χ0) is 19.3. The first kappa shape index (κ1) is 18.7. The Balaban J connectivity index is 1.41. The molecular weight excluding hydrogens is 368 g/mol. The van der Waals surface area contributed by atoms with Crippen LogP contribution in [0.1, 0.15) is 28.8 Å². The third kappa shape index (κ3) is 4.24. The second-order valence-corrected chi connectivity index (χ2v) is 7.87. The van der Waals surface area contributed by atoms with Crippen LogP contribution in [-0.2, 0) is 6.54 Å². The van der Waals surface area contributed by atoms with Gasteiger partial charge in [-0.2, -0.15) is 11.3 Å². The number of rotatable bonds is 5. The summed E-state index contributed by atoms with van der Waals surface area (Å²) in [6, 6.07) is 14.1. The molecule has 1 saturated heterocycles. The van der Waals surface area contributed by atoms with Crippen LogP contribution in [0.2, 0.25) is 0 Å². The minimum absolute atomic E-state index is 0.0626. The van der Waals surface area contributed by atoms with E-state index in [1.807, 2.05) is 48.0 Å². The van der Waals surface area contributed by atoms with Crippen LogP contribution in [0.5, 0.6) is 0 Å². The molecule has 0 atom stereocenters. The molecule has 0 unspecified atom stereocenters. The molecule has 0 bridgehead atoms. The van der Waals surface area contributed by atoms with Gasteiger partial charge in [-0.1, -0.05) is 18.2 Å². The van der Waals surface area contributed by atoms with Gasteiger partial charge in [-0.3, -0.25) is 9.78 Å². The number of hydrogen-bond acceptors (Lipinski definition) is 5. The van der Waals surface area contributed by atoms with Crippen molar-refractivity contribution in [2.45, 2.75) is 25.4 Å². The number of nitrogens with zero attached hydrogens (tertiary/aromatic N) is 2. The number of carbonyl (C=O) groups is 1. The second-order valence-electron chi connectivity index (χ2n) is 7.09. The van der Waals surface area contributed by atoms with E-state index in [0.717, 1.165) is 48.4 Å². The Labute approximate surface area is 169 Å². The molecule has 1 aromatic carbocycles. The summed E-state index contributed by atoms with van der Waals surface area (Å²) in [7, 11) is 0. The molecule has 144 valence electrons. The van der Waals surface area contributed by atoms with E-state index in [0.29, 0.717) is 12.1 Å². The number of thiophene rings is 1. The first-order valence-electron chi connectivity index (χ1n) is 9.56. The van der Waals surface area contributed by atoms with Crippen LogP contribution in [-0.4, -0.2) is 30.0 Å². The van der Waals surface area contributed by atoms with Crippen LogP contribution in [0.4, 0.5) is 5.69 Å². The van der Waals surface area contributed by atoms with Crippen LogP contribution in [0.3, 0.4) is 0 Å². The van der Waals surface area contributed by atoms with Crippen molar-refractivity contribution in [3.05, 3.63) is 70.5 Å². The molecule has 0 aliphatic carbocycles. The van der Waals surface area contributed by atoms with Gasteiger partial charge in [0.25, 0.3) is 5.91 Å². The van der Waals surface area contributed by atoms with Gasteiger partial charge in [0.05, 0.1) is 11.3 Å². The lowest BCUT2D eigenvalue weighted by molar-refractivity contribution is 0.0951. The first-order chi connectivity index (χ1) is 13.7. The number of nitrogens with two attached hydrogens (primary N) is 1. The van der Waals surface area contributed by atoms with Gasteiger partial charge in [-0.05, 0) is 48.1 Å². The van der Waals surface area contributed by atoms with Gasteiger partial charge in [-0.25, -0.2) is 0 Å². The Morgan fingerprint density at radius 1 is 1.18 bits per heavy atom. The number of piperidine rings is 1. The second kappa shape index (κ2) is 8.54. The predicted molar refractivity (Wildman–Crippen MR) is 115 cm³/mol. The third-order valence-electron chi connectivity index (χ3n) is 5.12. The van der Waals surface area contributed by atoms with Crippen molar-refractivity contribution in [1.82, 2.24) is 10.3 Å². The molecule has 3 aromatic rings. The Morgan fingerprint density at radius 3 is 2.71 bits per heavy atom. The van der Waals surface area contributed by atoms with Crippen LogP contribution < -0.4 is 16.0 Å².